The van der Waals surface area contributed by atoms with E-state index in [0.29, 0.717) is 27.4 Å². The molecule has 2 N–H and O–H groups in total. The van der Waals surface area contributed by atoms with E-state index in [1.807, 2.05) is 0 Å². The van der Waals surface area contributed by atoms with E-state index in [2.05, 4.69) is 10.3 Å². The maximum atomic E-state index is 12.4. The largest absolute Gasteiger partial charge is 0.387 e. The number of aliphatic hydroxyl groups is 1. The number of imidazole rings is 1. The van der Waals surface area contributed by atoms with Crippen LogP contribution in [0.25, 0.3) is 11.0 Å². The van der Waals surface area contributed by atoms with E-state index < -0.39 is 15.9 Å². The smallest absolute Gasteiger partial charge is 0.240 e. The van der Waals surface area contributed by atoms with Gasteiger partial charge in [0, 0.05) is 17.8 Å². The van der Waals surface area contributed by atoms with Crippen LogP contribution in [0.2, 0.25) is 5.02 Å². The van der Waals surface area contributed by atoms with E-state index >= 15 is 0 Å². The Labute approximate surface area is 167 Å². The highest BCUT2D eigenvalue weighted by Crippen LogP contribution is 2.18. The SMILES string of the molecule is CS(=O)(=O)Cc1nc2ccccc2n1CC(=O)NCC(O)c1ccc(Cl)cc1. The van der Waals surface area contributed by atoms with E-state index in [1.54, 1.807) is 53.1 Å². The molecular formula is C19H20ClN3O4S. The fourth-order valence-electron chi connectivity index (χ4n) is 2.86. The van der Waals surface area contributed by atoms with Crippen LogP contribution in [0.15, 0.2) is 48.5 Å². The van der Waals surface area contributed by atoms with Gasteiger partial charge in [0.2, 0.25) is 5.91 Å². The molecule has 0 saturated heterocycles. The average molecular weight is 422 g/mol. The number of para-hydroxylation sites is 2. The number of hydrogen-bond donors (Lipinski definition) is 2. The summed E-state index contributed by atoms with van der Waals surface area (Å²) < 4.78 is 25.0. The zero-order valence-electron chi connectivity index (χ0n) is 15.2. The summed E-state index contributed by atoms with van der Waals surface area (Å²) in [6.07, 6.45) is 0.246. The molecular weight excluding hydrogens is 402 g/mol. The van der Waals surface area contributed by atoms with Crippen molar-refractivity contribution in [1.29, 1.82) is 0 Å². The van der Waals surface area contributed by atoms with Crippen molar-refractivity contribution >= 4 is 38.4 Å². The molecule has 1 heterocycles. The van der Waals surface area contributed by atoms with Crippen molar-refractivity contribution in [3.8, 4) is 0 Å². The zero-order chi connectivity index (χ0) is 20.3. The van der Waals surface area contributed by atoms with Crippen molar-refractivity contribution in [2.45, 2.75) is 18.4 Å². The van der Waals surface area contributed by atoms with Crippen LogP contribution in [0, 0.1) is 0 Å². The van der Waals surface area contributed by atoms with Crippen LogP contribution in [0.5, 0.6) is 0 Å². The van der Waals surface area contributed by atoms with Gasteiger partial charge in [0.25, 0.3) is 0 Å². The fraction of sp³-hybridized carbons (Fsp3) is 0.263. The van der Waals surface area contributed by atoms with Gasteiger partial charge in [-0.25, -0.2) is 13.4 Å². The second-order valence-electron chi connectivity index (χ2n) is 6.54. The lowest BCUT2D eigenvalue weighted by molar-refractivity contribution is -0.122. The number of nitrogens with one attached hydrogen (secondary N) is 1. The van der Waals surface area contributed by atoms with Gasteiger partial charge in [-0.05, 0) is 29.8 Å². The van der Waals surface area contributed by atoms with Crippen molar-refractivity contribution < 1.29 is 18.3 Å². The summed E-state index contributed by atoms with van der Waals surface area (Å²) in [7, 11) is -3.31. The van der Waals surface area contributed by atoms with E-state index in [1.165, 1.54) is 0 Å². The molecule has 9 heteroatoms. The van der Waals surface area contributed by atoms with Crippen LogP contribution < -0.4 is 5.32 Å². The number of hydrogen-bond acceptors (Lipinski definition) is 5. The first-order valence-corrected chi connectivity index (χ1v) is 11.0. The quantitative estimate of drug-likeness (QED) is 0.608. The maximum Gasteiger partial charge on any atom is 0.240 e. The highest BCUT2D eigenvalue weighted by Gasteiger charge is 2.18. The highest BCUT2D eigenvalue weighted by molar-refractivity contribution is 7.89. The minimum atomic E-state index is -3.31. The first-order chi connectivity index (χ1) is 13.2. The summed E-state index contributed by atoms with van der Waals surface area (Å²) in [5, 5.41) is 13.4. The molecule has 2 aromatic carbocycles. The van der Waals surface area contributed by atoms with Crippen LogP contribution >= 0.6 is 11.6 Å². The molecule has 0 spiro atoms. The van der Waals surface area contributed by atoms with E-state index in [0.717, 1.165) is 6.26 Å². The van der Waals surface area contributed by atoms with Gasteiger partial charge < -0.3 is 15.0 Å². The molecule has 148 valence electrons. The number of carbonyl (C=O) groups excluding carboxylic acids is 1. The number of sulfone groups is 1. The molecule has 1 aromatic heterocycles. The molecule has 3 rings (SSSR count). The van der Waals surface area contributed by atoms with Crippen molar-refractivity contribution in [3.05, 3.63) is 64.9 Å². The van der Waals surface area contributed by atoms with Gasteiger partial charge in [0.15, 0.2) is 9.84 Å². The molecule has 1 amide bonds. The Morgan fingerprint density at radius 1 is 1.21 bits per heavy atom. The number of halogens is 1. The number of carbonyl (C=O) groups is 1. The Kier molecular flexibility index (Phi) is 6.02. The Morgan fingerprint density at radius 3 is 2.57 bits per heavy atom. The van der Waals surface area contributed by atoms with Crippen molar-refractivity contribution in [2.75, 3.05) is 12.8 Å². The molecule has 0 aliphatic carbocycles. The number of aromatic nitrogens is 2. The standard InChI is InChI=1S/C19H20ClN3O4S/c1-28(26,27)12-18-22-15-4-2-3-5-16(15)23(18)11-19(25)21-10-17(24)13-6-8-14(20)9-7-13/h2-9,17,24H,10-12H2,1H3,(H,21,25). The molecule has 0 bridgehead atoms. The Hall–Kier alpha value is -2.42. The minimum Gasteiger partial charge on any atom is -0.387 e. The Bertz CT molecular complexity index is 1090. The number of fused-ring (bicyclic) bond motifs is 1. The predicted molar refractivity (Wildman–Crippen MR) is 108 cm³/mol. The number of amides is 1. The van der Waals surface area contributed by atoms with Gasteiger partial charge in [-0.1, -0.05) is 35.9 Å². The molecule has 28 heavy (non-hydrogen) atoms. The lowest BCUT2D eigenvalue weighted by atomic mass is 10.1. The third-order valence-electron chi connectivity index (χ3n) is 4.17. The number of nitrogens with zero attached hydrogens (tertiary/aromatic N) is 2. The maximum absolute atomic E-state index is 12.4. The van der Waals surface area contributed by atoms with Crippen LogP contribution in [0.4, 0.5) is 0 Å². The summed E-state index contributed by atoms with van der Waals surface area (Å²) in [6.45, 7) is -0.0762. The summed E-state index contributed by atoms with van der Waals surface area (Å²) >= 11 is 5.83. The fourth-order valence-corrected chi connectivity index (χ4v) is 3.67. The average Bonchev–Trinajstić information content (AvgIpc) is 2.96. The lowest BCUT2D eigenvalue weighted by Gasteiger charge is -2.14. The molecule has 3 aromatic rings. The van der Waals surface area contributed by atoms with Gasteiger partial charge in [-0.3, -0.25) is 4.79 Å². The second-order valence-corrected chi connectivity index (χ2v) is 9.12. The Morgan fingerprint density at radius 2 is 1.89 bits per heavy atom. The molecule has 0 saturated carbocycles. The normalized spacial score (nSPS) is 12.8. The third kappa shape index (κ3) is 5.09. The Balaban J connectivity index is 1.73. The van der Waals surface area contributed by atoms with E-state index in [4.69, 9.17) is 11.6 Å². The second kappa shape index (κ2) is 8.30. The van der Waals surface area contributed by atoms with E-state index in [-0.39, 0.29) is 24.7 Å². The van der Waals surface area contributed by atoms with Crippen LogP contribution in [-0.4, -0.2) is 41.8 Å². The van der Waals surface area contributed by atoms with Gasteiger partial charge >= 0.3 is 0 Å². The van der Waals surface area contributed by atoms with Crippen LogP contribution in [0.3, 0.4) is 0 Å². The molecule has 0 aliphatic rings. The van der Waals surface area contributed by atoms with Gasteiger partial charge in [0.05, 0.1) is 17.1 Å². The summed E-state index contributed by atoms with van der Waals surface area (Å²) in [5.41, 5.74) is 1.93. The van der Waals surface area contributed by atoms with Crippen molar-refractivity contribution in [3.63, 3.8) is 0 Å². The monoisotopic (exact) mass is 421 g/mol. The summed E-state index contributed by atoms with van der Waals surface area (Å²) in [5.74, 6) is -0.314. The summed E-state index contributed by atoms with van der Waals surface area (Å²) in [6, 6.07) is 13.8. The summed E-state index contributed by atoms with van der Waals surface area (Å²) in [4.78, 5) is 16.8. The number of rotatable bonds is 7. The highest BCUT2D eigenvalue weighted by atomic mass is 35.5. The first-order valence-electron chi connectivity index (χ1n) is 8.55. The van der Waals surface area contributed by atoms with Crippen LogP contribution in [-0.2, 0) is 26.9 Å². The van der Waals surface area contributed by atoms with Crippen LogP contribution in [0.1, 0.15) is 17.5 Å². The van der Waals surface area contributed by atoms with Crippen molar-refractivity contribution in [1.82, 2.24) is 14.9 Å². The molecule has 0 radical (unpaired) electrons. The topological polar surface area (TPSA) is 101 Å². The number of aliphatic hydroxyl groups excluding tert-OH is 1. The minimum absolute atomic E-state index is 0.0223. The molecule has 1 atom stereocenters. The molecule has 1 unspecified atom stereocenters. The predicted octanol–water partition coefficient (Wildman–Crippen LogP) is 2.08. The van der Waals surface area contributed by atoms with Gasteiger partial charge in [0.1, 0.15) is 18.1 Å². The number of benzene rings is 2. The first kappa shape index (κ1) is 20.3. The molecule has 0 aliphatic heterocycles. The zero-order valence-corrected chi connectivity index (χ0v) is 16.7. The van der Waals surface area contributed by atoms with Crippen molar-refractivity contribution in [2.24, 2.45) is 0 Å². The molecule has 0 fully saturated rings. The van der Waals surface area contributed by atoms with Gasteiger partial charge in [-0.15, -0.1) is 0 Å². The molecule has 7 nitrogen and oxygen atoms in total. The third-order valence-corrected chi connectivity index (χ3v) is 5.21. The lowest BCUT2D eigenvalue weighted by Crippen LogP contribution is -2.32. The van der Waals surface area contributed by atoms with Gasteiger partial charge in [-0.2, -0.15) is 0 Å². The van der Waals surface area contributed by atoms with E-state index in [9.17, 15) is 18.3 Å².